The quantitative estimate of drug-likeness (QED) is 0.893. The van der Waals surface area contributed by atoms with Gasteiger partial charge in [0.1, 0.15) is 0 Å². The molecule has 5 heteroatoms. The number of carbonyl (C=O) groups excluding carboxylic acids is 1. The van der Waals surface area contributed by atoms with Crippen LogP contribution in [-0.4, -0.2) is 23.0 Å². The monoisotopic (exact) mass is 287 g/mol. The van der Waals surface area contributed by atoms with Crippen LogP contribution in [0.15, 0.2) is 18.2 Å². The van der Waals surface area contributed by atoms with E-state index >= 15 is 0 Å². The Morgan fingerprint density at radius 3 is 3.10 bits per heavy atom. The van der Waals surface area contributed by atoms with Gasteiger partial charge in [0.25, 0.3) is 0 Å². The van der Waals surface area contributed by atoms with E-state index in [1.807, 2.05) is 25.1 Å². The molecular formula is C15H17N3OS. The predicted octanol–water partition coefficient (Wildman–Crippen LogP) is 2.68. The molecule has 20 heavy (non-hydrogen) atoms. The zero-order valence-corrected chi connectivity index (χ0v) is 12.2. The molecule has 1 amide bonds. The van der Waals surface area contributed by atoms with Gasteiger partial charge in [-0.2, -0.15) is 0 Å². The molecule has 2 aromatic rings. The molecule has 0 saturated carbocycles. The van der Waals surface area contributed by atoms with Gasteiger partial charge in [0.05, 0.1) is 21.1 Å². The minimum Gasteiger partial charge on any atom is -0.326 e. The number of aromatic nitrogens is 1. The Morgan fingerprint density at radius 1 is 1.45 bits per heavy atom. The summed E-state index contributed by atoms with van der Waals surface area (Å²) < 4.78 is 1.13. The van der Waals surface area contributed by atoms with Gasteiger partial charge in [-0.1, -0.05) is 0 Å². The molecule has 4 nitrogen and oxygen atoms in total. The third-order valence-corrected chi connectivity index (χ3v) is 5.33. The summed E-state index contributed by atoms with van der Waals surface area (Å²) in [6.45, 7) is 2.00. The van der Waals surface area contributed by atoms with Crippen molar-refractivity contribution in [1.29, 1.82) is 0 Å². The van der Waals surface area contributed by atoms with E-state index in [0.717, 1.165) is 33.8 Å². The summed E-state index contributed by atoms with van der Waals surface area (Å²) in [5, 5.41) is 7.64. The van der Waals surface area contributed by atoms with Gasteiger partial charge in [-0.15, -0.1) is 11.3 Å². The van der Waals surface area contributed by atoms with Gasteiger partial charge in [-0.3, -0.25) is 4.79 Å². The average molecular weight is 287 g/mol. The molecule has 2 aliphatic heterocycles. The van der Waals surface area contributed by atoms with Crippen molar-refractivity contribution >= 4 is 33.1 Å². The molecule has 1 aromatic heterocycles. The van der Waals surface area contributed by atoms with Crippen LogP contribution >= 0.6 is 11.3 Å². The largest absolute Gasteiger partial charge is 0.326 e. The van der Waals surface area contributed by atoms with Crippen molar-refractivity contribution < 1.29 is 4.79 Å². The maximum atomic E-state index is 12.4. The van der Waals surface area contributed by atoms with Crippen molar-refractivity contribution in [3.63, 3.8) is 0 Å². The molecular weight excluding hydrogens is 270 g/mol. The predicted molar refractivity (Wildman–Crippen MR) is 81.0 cm³/mol. The van der Waals surface area contributed by atoms with E-state index in [4.69, 9.17) is 0 Å². The van der Waals surface area contributed by atoms with Crippen LogP contribution in [0.4, 0.5) is 5.69 Å². The molecule has 3 unspecified atom stereocenters. The minimum absolute atomic E-state index is 0.132. The summed E-state index contributed by atoms with van der Waals surface area (Å²) >= 11 is 1.66. The van der Waals surface area contributed by atoms with Gasteiger partial charge >= 0.3 is 0 Å². The first kappa shape index (κ1) is 12.3. The Hall–Kier alpha value is -1.46. The van der Waals surface area contributed by atoms with Crippen molar-refractivity contribution in [3.05, 3.63) is 23.2 Å². The number of thiazole rings is 1. The maximum Gasteiger partial charge on any atom is 0.229 e. The van der Waals surface area contributed by atoms with E-state index in [2.05, 4.69) is 15.6 Å². The first-order valence-corrected chi connectivity index (χ1v) is 7.95. The fourth-order valence-corrected chi connectivity index (χ4v) is 4.33. The van der Waals surface area contributed by atoms with Crippen LogP contribution in [0.3, 0.4) is 0 Å². The number of nitrogens with zero attached hydrogens (tertiary/aromatic N) is 1. The summed E-state index contributed by atoms with van der Waals surface area (Å²) in [5.74, 6) is 0.290. The molecule has 1 aromatic carbocycles. The lowest BCUT2D eigenvalue weighted by Gasteiger charge is -2.19. The van der Waals surface area contributed by atoms with Crippen molar-refractivity contribution in [2.45, 2.75) is 38.3 Å². The Bertz CT molecular complexity index is 681. The van der Waals surface area contributed by atoms with Gasteiger partial charge in [-0.25, -0.2) is 4.98 Å². The second-order valence-corrected chi connectivity index (χ2v) is 7.03. The number of nitrogens with one attached hydrogen (secondary N) is 2. The highest BCUT2D eigenvalue weighted by Crippen LogP contribution is 2.34. The SMILES string of the molecule is Cc1nc2ccc(NC(=O)C3CC4CCC3N4)cc2s1. The Kier molecular flexibility index (Phi) is 2.79. The van der Waals surface area contributed by atoms with Crippen molar-refractivity contribution in [1.82, 2.24) is 10.3 Å². The first-order valence-electron chi connectivity index (χ1n) is 7.13. The van der Waals surface area contributed by atoms with E-state index in [0.29, 0.717) is 12.1 Å². The zero-order chi connectivity index (χ0) is 13.7. The molecule has 3 heterocycles. The highest BCUT2D eigenvalue weighted by molar-refractivity contribution is 7.18. The lowest BCUT2D eigenvalue weighted by Crippen LogP contribution is -2.32. The van der Waals surface area contributed by atoms with Gasteiger partial charge in [0, 0.05) is 17.8 Å². The summed E-state index contributed by atoms with van der Waals surface area (Å²) in [4.78, 5) is 16.8. The van der Waals surface area contributed by atoms with E-state index in [9.17, 15) is 4.79 Å². The number of hydrogen-bond donors (Lipinski definition) is 2. The molecule has 104 valence electrons. The van der Waals surface area contributed by atoms with Crippen LogP contribution < -0.4 is 10.6 Å². The highest BCUT2D eigenvalue weighted by atomic mass is 32.1. The third-order valence-electron chi connectivity index (χ3n) is 4.40. The number of benzene rings is 1. The van der Waals surface area contributed by atoms with Gasteiger partial charge in [-0.05, 0) is 44.4 Å². The molecule has 2 aliphatic rings. The normalized spacial score (nSPS) is 28.1. The van der Waals surface area contributed by atoms with Gasteiger partial charge in [0.2, 0.25) is 5.91 Å². The van der Waals surface area contributed by atoms with E-state index in [1.54, 1.807) is 11.3 Å². The number of carbonyl (C=O) groups is 1. The topological polar surface area (TPSA) is 54.0 Å². The van der Waals surface area contributed by atoms with Crippen LogP contribution in [-0.2, 0) is 4.79 Å². The number of hydrogen-bond acceptors (Lipinski definition) is 4. The lowest BCUT2D eigenvalue weighted by molar-refractivity contribution is -0.120. The molecule has 0 aliphatic carbocycles. The molecule has 2 saturated heterocycles. The standard InChI is InChI=1S/C15H17N3OS/c1-8-16-13-5-3-10(7-14(13)20-8)18-15(19)11-6-9-2-4-12(11)17-9/h3,5,7,9,11-12,17H,2,4,6H2,1H3,(H,18,19). The Morgan fingerprint density at radius 2 is 2.35 bits per heavy atom. The number of amides is 1. The summed E-state index contributed by atoms with van der Waals surface area (Å²) in [5.41, 5.74) is 1.89. The molecule has 2 fully saturated rings. The van der Waals surface area contributed by atoms with E-state index in [-0.39, 0.29) is 11.8 Å². The van der Waals surface area contributed by atoms with Gasteiger partial charge < -0.3 is 10.6 Å². The van der Waals surface area contributed by atoms with Crippen molar-refractivity contribution in [2.75, 3.05) is 5.32 Å². The van der Waals surface area contributed by atoms with Crippen LogP contribution in [0.1, 0.15) is 24.3 Å². The number of anilines is 1. The van der Waals surface area contributed by atoms with E-state index in [1.165, 1.54) is 6.42 Å². The van der Waals surface area contributed by atoms with Crippen molar-refractivity contribution in [3.8, 4) is 0 Å². The number of fused-ring (bicyclic) bond motifs is 3. The zero-order valence-electron chi connectivity index (χ0n) is 11.3. The Labute approximate surface area is 121 Å². The summed E-state index contributed by atoms with van der Waals surface area (Å²) in [6.07, 6.45) is 3.34. The molecule has 4 rings (SSSR count). The number of rotatable bonds is 2. The molecule has 3 atom stereocenters. The molecule has 2 bridgehead atoms. The van der Waals surface area contributed by atoms with E-state index < -0.39 is 0 Å². The fraction of sp³-hybridized carbons (Fsp3) is 0.467. The highest BCUT2D eigenvalue weighted by Gasteiger charge is 2.42. The fourth-order valence-electron chi connectivity index (χ4n) is 3.47. The second kappa shape index (κ2) is 4.53. The average Bonchev–Trinajstić information content (AvgIpc) is 3.11. The summed E-state index contributed by atoms with van der Waals surface area (Å²) in [7, 11) is 0. The van der Waals surface area contributed by atoms with Crippen LogP contribution in [0.2, 0.25) is 0 Å². The van der Waals surface area contributed by atoms with Crippen LogP contribution in [0.25, 0.3) is 10.2 Å². The third kappa shape index (κ3) is 2.01. The molecule has 0 spiro atoms. The van der Waals surface area contributed by atoms with Crippen LogP contribution in [0.5, 0.6) is 0 Å². The minimum atomic E-state index is 0.132. The van der Waals surface area contributed by atoms with Crippen LogP contribution in [0, 0.1) is 12.8 Å². The molecule has 2 N–H and O–H groups in total. The Balaban J connectivity index is 1.53. The maximum absolute atomic E-state index is 12.4. The lowest BCUT2D eigenvalue weighted by atomic mass is 9.88. The van der Waals surface area contributed by atoms with Crippen molar-refractivity contribution in [2.24, 2.45) is 5.92 Å². The number of aryl methyl sites for hydroxylation is 1. The molecule has 0 radical (unpaired) electrons. The van der Waals surface area contributed by atoms with Gasteiger partial charge in [0.15, 0.2) is 0 Å². The summed E-state index contributed by atoms with van der Waals surface area (Å²) in [6, 6.07) is 6.89. The smallest absolute Gasteiger partial charge is 0.229 e. The second-order valence-electron chi connectivity index (χ2n) is 5.79. The first-order chi connectivity index (χ1) is 9.69.